The number of likely N-dealkylation sites (tertiary alicyclic amines) is 2. The molecule has 8 nitrogen and oxygen atoms in total. The molecule has 2 saturated heterocycles. The van der Waals surface area contributed by atoms with Gasteiger partial charge < -0.3 is 15.1 Å². The van der Waals surface area contributed by atoms with Gasteiger partial charge in [0.2, 0.25) is 5.91 Å². The van der Waals surface area contributed by atoms with Crippen molar-refractivity contribution in [3.8, 4) is 0 Å². The van der Waals surface area contributed by atoms with Crippen LogP contribution in [-0.4, -0.2) is 69.3 Å². The van der Waals surface area contributed by atoms with Gasteiger partial charge in [-0.1, -0.05) is 42.1 Å². The number of carbonyl (C=O) groups is 2. The summed E-state index contributed by atoms with van der Waals surface area (Å²) in [7, 11) is -3.88. The first-order valence-corrected chi connectivity index (χ1v) is 16.9. The van der Waals surface area contributed by atoms with Gasteiger partial charge in [-0.05, 0) is 106 Å². The van der Waals surface area contributed by atoms with Gasteiger partial charge in [0.05, 0.1) is 17.1 Å². The van der Waals surface area contributed by atoms with Gasteiger partial charge in [0.1, 0.15) is 0 Å². The zero-order valence-corrected chi connectivity index (χ0v) is 25.3. The fourth-order valence-electron chi connectivity index (χ4n) is 5.46. The molecule has 0 atom stereocenters. The molecule has 3 aromatic rings. The third kappa shape index (κ3) is 8.14. The Labute approximate surface area is 252 Å². The largest absolute Gasteiger partial charge is 0.343 e. The molecule has 42 heavy (non-hydrogen) atoms. The third-order valence-electron chi connectivity index (χ3n) is 7.95. The maximum Gasteiger partial charge on any atom is 0.261 e. The lowest BCUT2D eigenvalue weighted by Crippen LogP contribution is -2.44. The highest BCUT2D eigenvalue weighted by Gasteiger charge is 2.24. The van der Waals surface area contributed by atoms with Crippen LogP contribution in [0.5, 0.6) is 0 Å². The van der Waals surface area contributed by atoms with Crippen molar-refractivity contribution in [3.05, 3.63) is 84.4 Å². The van der Waals surface area contributed by atoms with Crippen LogP contribution >= 0.6 is 11.8 Å². The number of hydrogen-bond acceptors (Lipinski definition) is 6. The normalized spacial score (nSPS) is 16.3. The van der Waals surface area contributed by atoms with Crippen LogP contribution in [0.4, 0.5) is 5.69 Å². The lowest BCUT2D eigenvalue weighted by molar-refractivity contribution is -0.131. The molecule has 2 heterocycles. The summed E-state index contributed by atoms with van der Waals surface area (Å²) in [4.78, 5) is 31.6. The molecule has 2 N–H and O–H groups in total. The molecular formula is C32H38N4O4S2. The van der Waals surface area contributed by atoms with Crippen molar-refractivity contribution in [2.24, 2.45) is 5.92 Å². The fraction of sp³-hybridized carbons (Fsp3) is 0.375. The first kappa shape index (κ1) is 30.1. The third-order valence-corrected chi connectivity index (χ3v) is 10.4. The van der Waals surface area contributed by atoms with Crippen LogP contribution in [-0.2, 0) is 14.8 Å². The average Bonchev–Trinajstić information content (AvgIpc) is 3.54. The van der Waals surface area contributed by atoms with Crippen molar-refractivity contribution >= 4 is 39.3 Å². The summed E-state index contributed by atoms with van der Waals surface area (Å²) < 4.78 is 28.9. The van der Waals surface area contributed by atoms with E-state index >= 15 is 0 Å². The molecule has 0 aromatic heterocycles. The van der Waals surface area contributed by atoms with Crippen molar-refractivity contribution in [1.29, 1.82) is 0 Å². The van der Waals surface area contributed by atoms with Gasteiger partial charge in [0.15, 0.2) is 0 Å². The van der Waals surface area contributed by atoms with Crippen LogP contribution in [0.3, 0.4) is 0 Å². The van der Waals surface area contributed by atoms with E-state index in [9.17, 15) is 18.0 Å². The first-order chi connectivity index (χ1) is 20.4. The Morgan fingerprint density at radius 1 is 0.833 bits per heavy atom. The Balaban J connectivity index is 1.10. The topological polar surface area (TPSA) is 98.8 Å². The van der Waals surface area contributed by atoms with Crippen LogP contribution in [0.2, 0.25) is 0 Å². The van der Waals surface area contributed by atoms with E-state index in [2.05, 4.69) is 14.9 Å². The lowest BCUT2D eigenvalue weighted by Gasteiger charge is -2.32. The maximum atomic E-state index is 13.1. The number of hydrogen-bond donors (Lipinski definition) is 2. The summed E-state index contributed by atoms with van der Waals surface area (Å²) in [6, 6.07) is 22.7. The highest BCUT2D eigenvalue weighted by Crippen LogP contribution is 2.34. The molecule has 10 heteroatoms. The van der Waals surface area contributed by atoms with Crippen molar-refractivity contribution in [3.63, 3.8) is 0 Å². The summed E-state index contributed by atoms with van der Waals surface area (Å²) >= 11 is 1.47. The van der Waals surface area contributed by atoms with Crippen molar-refractivity contribution in [2.45, 2.75) is 46.8 Å². The van der Waals surface area contributed by atoms with E-state index in [1.807, 2.05) is 47.4 Å². The first-order valence-electron chi connectivity index (χ1n) is 14.6. The highest BCUT2D eigenvalue weighted by molar-refractivity contribution is 7.99. The van der Waals surface area contributed by atoms with Crippen LogP contribution in [0.1, 0.15) is 42.5 Å². The SMILES string of the molecule is O=C(NCC(=O)N1CCC(CCN2CCCC2)CC1)c1ccc(S(=O)(=O)Nc2ccccc2Sc2ccccc2)cc1. The van der Waals surface area contributed by atoms with Gasteiger partial charge in [-0.15, -0.1) is 0 Å². The van der Waals surface area contributed by atoms with E-state index in [-0.39, 0.29) is 17.3 Å². The van der Waals surface area contributed by atoms with Gasteiger partial charge >= 0.3 is 0 Å². The van der Waals surface area contributed by atoms with E-state index in [0.29, 0.717) is 17.2 Å². The minimum Gasteiger partial charge on any atom is -0.343 e. The lowest BCUT2D eigenvalue weighted by atomic mass is 9.93. The van der Waals surface area contributed by atoms with Gasteiger partial charge in [-0.3, -0.25) is 14.3 Å². The predicted octanol–water partition coefficient (Wildman–Crippen LogP) is 5.09. The van der Waals surface area contributed by atoms with E-state index in [4.69, 9.17) is 0 Å². The summed E-state index contributed by atoms with van der Waals surface area (Å²) in [6.07, 6.45) is 5.82. The second-order valence-corrected chi connectivity index (χ2v) is 13.7. The monoisotopic (exact) mass is 606 g/mol. The average molecular weight is 607 g/mol. The summed E-state index contributed by atoms with van der Waals surface area (Å²) in [5, 5.41) is 2.69. The quantitative estimate of drug-likeness (QED) is 0.316. The van der Waals surface area contributed by atoms with Crippen molar-refractivity contribution in [2.75, 3.05) is 44.0 Å². The molecule has 2 fully saturated rings. The van der Waals surface area contributed by atoms with Crippen LogP contribution in [0.25, 0.3) is 0 Å². The van der Waals surface area contributed by atoms with Gasteiger partial charge in [0, 0.05) is 28.4 Å². The van der Waals surface area contributed by atoms with E-state index < -0.39 is 15.9 Å². The predicted molar refractivity (Wildman–Crippen MR) is 166 cm³/mol. The molecule has 0 radical (unpaired) electrons. The molecular weight excluding hydrogens is 569 g/mol. The summed E-state index contributed by atoms with van der Waals surface area (Å²) in [5.41, 5.74) is 0.768. The van der Waals surface area contributed by atoms with Gasteiger partial charge in [0.25, 0.3) is 15.9 Å². The number of carbonyl (C=O) groups excluding carboxylic acids is 2. The molecule has 2 aliphatic rings. The number of anilines is 1. The number of para-hydroxylation sites is 1. The van der Waals surface area contributed by atoms with E-state index in [1.165, 1.54) is 68.4 Å². The zero-order chi connectivity index (χ0) is 29.4. The Hall–Kier alpha value is -3.34. The summed E-state index contributed by atoms with van der Waals surface area (Å²) in [5.74, 6) is 0.159. The number of nitrogens with zero attached hydrogens (tertiary/aromatic N) is 2. The Morgan fingerprint density at radius 3 is 2.21 bits per heavy atom. The van der Waals surface area contributed by atoms with Gasteiger partial charge in [-0.25, -0.2) is 8.42 Å². The molecule has 0 unspecified atom stereocenters. The second-order valence-electron chi connectivity index (χ2n) is 10.9. The van der Waals surface area contributed by atoms with Crippen molar-refractivity contribution < 1.29 is 18.0 Å². The molecule has 0 spiro atoms. The minimum atomic E-state index is -3.88. The maximum absolute atomic E-state index is 13.1. The number of sulfonamides is 1. The van der Waals surface area contributed by atoms with E-state index in [1.54, 1.807) is 12.1 Å². The molecule has 0 saturated carbocycles. The minimum absolute atomic E-state index is 0.0437. The highest BCUT2D eigenvalue weighted by atomic mass is 32.2. The Kier molecular flexibility index (Phi) is 10.2. The van der Waals surface area contributed by atoms with Crippen molar-refractivity contribution in [1.82, 2.24) is 15.1 Å². The second kappa shape index (κ2) is 14.2. The standard InChI is InChI=1S/C32H38N4O4S2/c37-31(36-22-17-25(18-23-36)16-21-35-19-6-7-20-35)24-33-32(38)26-12-14-28(15-13-26)42(39,40)34-29-10-4-5-11-30(29)41-27-8-2-1-3-9-27/h1-5,8-15,25,34H,6-7,16-24H2,(H,33,38). The molecule has 0 bridgehead atoms. The molecule has 0 aliphatic carbocycles. The summed E-state index contributed by atoms with van der Waals surface area (Å²) in [6.45, 7) is 4.98. The number of piperidine rings is 1. The Bertz CT molecular complexity index is 1450. The van der Waals surface area contributed by atoms with E-state index in [0.717, 1.165) is 42.3 Å². The van der Waals surface area contributed by atoms with Gasteiger partial charge in [-0.2, -0.15) is 0 Å². The van der Waals surface area contributed by atoms with Crippen LogP contribution in [0.15, 0.2) is 93.5 Å². The fourth-order valence-corrected chi connectivity index (χ4v) is 7.52. The van der Waals surface area contributed by atoms with Crippen LogP contribution in [0, 0.1) is 5.92 Å². The Morgan fingerprint density at radius 2 is 1.50 bits per heavy atom. The molecule has 3 aromatic carbocycles. The molecule has 5 rings (SSSR count). The zero-order valence-electron chi connectivity index (χ0n) is 23.7. The number of nitrogens with one attached hydrogen (secondary N) is 2. The van der Waals surface area contributed by atoms with Crippen LogP contribution < -0.4 is 10.0 Å². The smallest absolute Gasteiger partial charge is 0.261 e. The number of rotatable bonds is 11. The molecule has 2 aliphatic heterocycles. The molecule has 2 amide bonds. The number of benzene rings is 3. The number of amides is 2. The molecule has 222 valence electrons.